The van der Waals surface area contributed by atoms with Gasteiger partial charge in [0.25, 0.3) is 5.56 Å². The maximum Gasteiger partial charge on any atom is 0.416 e. The minimum Gasteiger partial charge on any atom is -0.487 e. The van der Waals surface area contributed by atoms with Gasteiger partial charge in [0, 0.05) is 26.1 Å². The number of benzene rings is 1. The van der Waals surface area contributed by atoms with Crippen LogP contribution in [0.25, 0.3) is 11.0 Å². The summed E-state index contributed by atoms with van der Waals surface area (Å²) in [5.41, 5.74) is 0.294. The molecule has 1 saturated heterocycles. The number of hydrogen-bond acceptors (Lipinski definition) is 5. The van der Waals surface area contributed by atoms with Crippen LogP contribution in [0.5, 0.6) is 5.75 Å². The molecule has 166 valence electrons. The Balaban J connectivity index is 1.58. The third kappa shape index (κ3) is 4.10. The van der Waals surface area contributed by atoms with Crippen LogP contribution in [0.1, 0.15) is 17.7 Å². The summed E-state index contributed by atoms with van der Waals surface area (Å²) >= 11 is 0. The molecule has 0 spiro atoms. The topological polar surface area (TPSA) is 71.2 Å². The number of fused-ring (bicyclic) bond motifs is 1. The first-order valence-electron chi connectivity index (χ1n) is 9.81. The van der Waals surface area contributed by atoms with Crippen molar-refractivity contribution in [2.75, 3.05) is 18.0 Å². The van der Waals surface area contributed by atoms with E-state index in [0.29, 0.717) is 23.3 Å². The van der Waals surface area contributed by atoms with Gasteiger partial charge >= 0.3 is 6.18 Å². The molecular weight excluding hydrogens is 428 g/mol. The standard InChI is InChI=1S/C22H18F4N4O2/c1-29-17-6-5-14(11-27)28-21(17)18(10-20(29)31)30-8-7-19(16(23)12-30)32-15-4-2-3-13(9-15)22(24,25)26/h2-6,9-10,16,19H,7-8,12H2,1H3/t16-,19+/m1/s1. The number of nitriles is 1. The van der Waals surface area contributed by atoms with Crippen molar-refractivity contribution < 1.29 is 22.3 Å². The summed E-state index contributed by atoms with van der Waals surface area (Å²) < 4.78 is 60.7. The Labute approximate surface area is 180 Å². The molecule has 0 bridgehead atoms. The first-order valence-corrected chi connectivity index (χ1v) is 9.81. The lowest BCUT2D eigenvalue weighted by Crippen LogP contribution is -2.47. The van der Waals surface area contributed by atoms with Gasteiger partial charge in [-0.1, -0.05) is 6.07 Å². The second-order valence-electron chi connectivity index (χ2n) is 7.54. The van der Waals surface area contributed by atoms with Crippen molar-refractivity contribution in [1.82, 2.24) is 9.55 Å². The highest BCUT2D eigenvalue weighted by Crippen LogP contribution is 2.33. The van der Waals surface area contributed by atoms with Gasteiger partial charge < -0.3 is 14.2 Å². The smallest absolute Gasteiger partial charge is 0.416 e. The van der Waals surface area contributed by atoms with Crippen LogP contribution in [0.4, 0.5) is 23.2 Å². The van der Waals surface area contributed by atoms with Crippen LogP contribution in [-0.4, -0.2) is 34.9 Å². The Morgan fingerprint density at radius 3 is 2.69 bits per heavy atom. The Morgan fingerprint density at radius 2 is 2.00 bits per heavy atom. The minimum absolute atomic E-state index is 0.0553. The van der Waals surface area contributed by atoms with Crippen molar-refractivity contribution in [2.24, 2.45) is 7.05 Å². The number of alkyl halides is 4. The fourth-order valence-corrected chi connectivity index (χ4v) is 3.77. The van der Waals surface area contributed by atoms with Gasteiger partial charge in [0.2, 0.25) is 0 Å². The van der Waals surface area contributed by atoms with Crippen LogP contribution in [-0.2, 0) is 13.2 Å². The molecule has 0 saturated carbocycles. The predicted molar refractivity (Wildman–Crippen MR) is 109 cm³/mol. The molecule has 1 aliphatic rings. The number of ether oxygens (including phenoxy) is 1. The monoisotopic (exact) mass is 446 g/mol. The highest BCUT2D eigenvalue weighted by atomic mass is 19.4. The van der Waals surface area contributed by atoms with Crippen LogP contribution in [0.15, 0.2) is 47.3 Å². The first kappa shape index (κ1) is 21.6. The van der Waals surface area contributed by atoms with E-state index in [9.17, 15) is 22.4 Å². The molecule has 0 radical (unpaired) electrons. The van der Waals surface area contributed by atoms with E-state index in [-0.39, 0.29) is 30.0 Å². The number of aromatic nitrogens is 2. The van der Waals surface area contributed by atoms with E-state index in [0.717, 1.165) is 12.1 Å². The zero-order valence-electron chi connectivity index (χ0n) is 16.9. The normalized spacial score (nSPS) is 19.1. The van der Waals surface area contributed by atoms with Gasteiger partial charge in [0.15, 0.2) is 6.17 Å². The molecule has 0 unspecified atom stereocenters. The second-order valence-corrected chi connectivity index (χ2v) is 7.54. The van der Waals surface area contributed by atoms with Crippen molar-refractivity contribution in [3.63, 3.8) is 0 Å². The minimum atomic E-state index is -4.52. The summed E-state index contributed by atoms with van der Waals surface area (Å²) in [5.74, 6) is -0.0553. The van der Waals surface area contributed by atoms with Gasteiger partial charge in [-0.3, -0.25) is 4.79 Å². The second kappa shape index (κ2) is 8.15. The fourth-order valence-electron chi connectivity index (χ4n) is 3.77. The van der Waals surface area contributed by atoms with E-state index >= 15 is 0 Å². The molecule has 32 heavy (non-hydrogen) atoms. The molecule has 2 aromatic heterocycles. The van der Waals surface area contributed by atoms with Crippen molar-refractivity contribution in [3.8, 4) is 11.8 Å². The lowest BCUT2D eigenvalue weighted by Gasteiger charge is -2.36. The maximum absolute atomic E-state index is 15.0. The van der Waals surface area contributed by atoms with Crippen LogP contribution in [0.3, 0.4) is 0 Å². The number of piperidine rings is 1. The van der Waals surface area contributed by atoms with E-state index in [1.807, 2.05) is 6.07 Å². The van der Waals surface area contributed by atoms with E-state index < -0.39 is 24.0 Å². The number of nitrogens with zero attached hydrogens (tertiary/aromatic N) is 4. The van der Waals surface area contributed by atoms with Crippen molar-refractivity contribution in [3.05, 3.63) is 64.1 Å². The summed E-state index contributed by atoms with van der Waals surface area (Å²) in [6.07, 6.45) is -6.79. The van der Waals surface area contributed by atoms with Gasteiger partial charge in [-0.05, 0) is 30.3 Å². The highest BCUT2D eigenvalue weighted by molar-refractivity contribution is 5.88. The highest BCUT2D eigenvalue weighted by Gasteiger charge is 2.34. The van der Waals surface area contributed by atoms with E-state index in [4.69, 9.17) is 10.00 Å². The quantitative estimate of drug-likeness (QED) is 0.572. The maximum atomic E-state index is 15.0. The van der Waals surface area contributed by atoms with E-state index in [2.05, 4.69) is 4.98 Å². The largest absolute Gasteiger partial charge is 0.487 e. The molecule has 1 aromatic carbocycles. The summed E-state index contributed by atoms with van der Waals surface area (Å²) in [7, 11) is 1.58. The van der Waals surface area contributed by atoms with E-state index in [1.54, 1.807) is 18.0 Å². The van der Waals surface area contributed by atoms with Gasteiger partial charge in [0.05, 0.1) is 23.3 Å². The molecule has 1 aliphatic heterocycles. The molecule has 6 nitrogen and oxygen atoms in total. The number of hydrogen-bond donors (Lipinski definition) is 0. The van der Waals surface area contributed by atoms with Gasteiger partial charge in [-0.25, -0.2) is 9.37 Å². The van der Waals surface area contributed by atoms with Gasteiger partial charge in [0.1, 0.15) is 29.1 Å². The molecule has 2 atom stereocenters. The van der Waals surface area contributed by atoms with Crippen molar-refractivity contribution in [1.29, 1.82) is 5.26 Å². The summed E-state index contributed by atoms with van der Waals surface area (Å²) in [5, 5.41) is 9.17. The number of halogens is 4. The van der Waals surface area contributed by atoms with Crippen LogP contribution >= 0.6 is 0 Å². The van der Waals surface area contributed by atoms with Crippen molar-refractivity contribution >= 4 is 16.7 Å². The number of anilines is 1. The SMILES string of the molecule is Cn1c(=O)cc(N2CC[C@H](Oc3cccc(C(F)(F)F)c3)[C@H](F)C2)c2nc(C#N)ccc21. The van der Waals surface area contributed by atoms with Crippen LogP contribution in [0, 0.1) is 11.3 Å². The zero-order valence-corrected chi connectivity index (χ0v) is 16.9. The Hall–Kier alpha value is -3.61. The fraction of sp³-hybridized carbons (Fsp3) is 0.318. The number of pyridine rings is 2. The summed E-state index contributed by atoms with van der Waals surface area (Å²) in [6.45, 7) is 0.162. The van der Waals surface area contributed by atoms with Crippen LogP contribution in [0.2, 0.25) is 0 Å². The predicted octanol–water partition coefficient (Wildman–Crippen LogP) is 3.82. The first-order chi connectivity index (χ1) is 15.2. The molecule has 3 aromatic rings. The molecule has 3 heterocycles. The Bertz CT molecular complexity index is 1270. The molecule has 0 aliphatic carbocycles. The van der Waals surface area contributed by atoms with Crippen molar-refractivity contribution in [2.45, 2.75) is 24.9 Å². The molecule has 0 amide bonds. The molecule has 10 heteroatoms. The third-order valence-electron chi connectivity index (χ3n) is 5.45. The van der Waals surface area contributed by atoms with Crippen LogP contribution < -0.4 is 15.2 Å². The molecule has 0 N–H and O–H groups in total. The molecule has 1 fully saturated rings. The van der Waals surface area contributed by atoms with Gasteiger partial charge in [-0.15, -0.1) is 0 Å². The molecular formula is C22H18F4N4O2. The Morgan fingerprint density at radius 1 is 1.22 bits per heavy atom. The van der Waals surface area contributed by atoms with E-state index in [1.165, 1.54) is 28.8 Å². The van der Waals surface area contributed by atoms with Gasteiger partial charge in [-0.2, -0.15) is 18.4 Å². The zero-order chi connectivity index (χ0) is 23.0. The lowest BCUT2D eigenvalue weighted by molar-refractivity contribution is -0.137. The third-order valence-corrected chi connectivity index (χ3v) is 5.45. The number of rotatable bonds is 3. The summed E-state index contributed by atoms with van der Waals surface area (Å²) in [6, 6.07) is 10.7. The average molecular weight is 446 g/mol. The Kier molecular flexibility index (Phi) is 5.50. The lowest BCUT2D eigenvalue weighted by atomic mass is 10.0. The molecule has 4 rings (SSSR count). The number of aryl methyl sites for hydroxylation is 1. The average Bonchev–Trinajstić information content (AvgIpc) is 2.77. The summed E-state index contributed by atoms with van der Waals surface area (Å²) in [4.78, 5) is 18.3.